The molecular formula is C16H17N3S. The summed E-state index contributed by atoms with van der Waals surface area (Å²) in [5.74, 6) is 0. The number of thiazole rings is 1. The van der Waals surface area contributed by atoms with Crippen molar-refractivity contribution in [2.75, 3.05) is 0 Å². The summed E-state index contributed by atoms with van der Waals surface area (Å²) in [6.45, 7) is 2.88. The molecule has 0 atom stereocenters. The average Bonchev–Trinajstić information content (AvgIpc) is 2.85. The molecule has 4 heteroatoms. The minimum atomic E-state index is -0.289. The minimum absolute atomic E-state index is 0.289. The van der Waals surface area contributed by atoms with Crippen molar-refractivity contribution in [3.05, 3.63) is 52.0 Å². The summed E-state index contributed by atoms with van der Waals surface area (Å²) >= 11 is 1.73. The third kappa shape index (κ3) is 2.47. The molecule has 0 radical (unpaired) electrons. The highest BCUT2D eigenvalue weighted by Crippen LogP contribution is 2.43. The van der Waals surface area contributed by atoms with Crippen LogP contribution < -0.4 is 5.32 Å². The Labute approximate surface area is 123 Å². The molecule has 1 aromatic carbocycles. The molecule has 1 aliphatic carbocycles. The first-order valence-electron chi connectivity index (χ1n) is 6.83. The first-order valence-corrected chi connectivity index (χ1v) is 7.65. The zero-order chi connectivity index (χ0) is 14.0. The molecule has 20 heavy (non-hydrogen) atoms. The fourth-order valence-electron chi connectivity index (χ4n) is 2.81. The van der Waals surface area contributed by atoms with E-state index in [0.29, 0.717) is 6.04 Å². The van der Waals surface area contributed by atoms with Gasteiger partial charge >= 0.3 is 0 Å². The lowest BCUT2D eigenvalue weighted by Crippen LogP contribution is -2.50. The van der Waals surface area contributed by atoms with Crippen LogP contribution in [0.4, 0.5) is 0 Å². The van der Waals surface area contributed by atoms with E-state index in [9.17, 15) is 5.26 Å². The van der Waals surface area contributed by atoms with Crippen molar-refractivity contribution in [3.8, 4) is 6.07 Å². The molecule has 102 valence electrons. The molecule has 1 fully saturated rings. The number of aromatic nitrogens is 1. The molecule has 1 saturated carbocycles. The number of aryl methyl sites for hydroxylation is 1. The number of benzene rings is 1. The molecule has 0 spiro atoms. The van der Waals surface area contributed by atoms with E-state index in [-0.39, 0.29) is 5.41 Å². The topological polar surface area (TPSA) is 48.7 Å². The van der Waals surface area contributed by atoms with Gasteiger partial charge < -0.3 is 5.32 Å². The van der Waals surface area contributed by atoms with Crippen LogP contribution in [0.15, 0.2) is 36.5 Å². The van der Waals surface area contributed by atoms with E-state index in [1.807, 2.05) is 31.3 Å². The van der Waals surface area contributed by atoms with Crippen LogP contribution >= 0.6 is 11.3 Å². The van der Waals surface area contributed by atoms with Crippen LogP contribution in [0.5, 0.6) is 0 Å². The van der Waals surface area contributed by atoms with Crippen LogP contribution in [0.1, 0.15) is 28.3 Å². The Morgan fingerprint density at radius 2 is 2.15 bits per heavy atom. The largest absolute Gasteiger partial charge is 0.309 e. The summed E-state index contributed by atoms with van der Waals surface area (Å²) in [4.78, 5) is 5.52. The molecule has 0 aliphatic heterocycles. The third-order valence-electron chi connectivity index (χ3n) is 3.96. The molecule has 2 aromatic rings. The molecule has 0 bridgehead atoms. The van der Waals surface area contributed by atoms with Crippen molar-refractivity contribution < 1.29 is 0 Å². The van der Waals surface area contributed by atoms with Crippen molar-refractivity contribution in [1.82, 2.24) is 10.3 Å². The number of hydrogen-bond donors (Lipinski definition) is 1. The lowest BCUT2D eigenvalue weighted by Gasteiger charge is -2.43. The van der Waals surface area contributed by atoms with Gasteiger partial charge in [0.05, 0.1) is 16.5 Å². The Hall–Kier alpha value is -1.70. The molecule has 1 aliphatic rings. The van der Waals surface area contributed by atoms with Crippen LogP contribution in [0.2, 0.25) is 0 Å². The van der Waals surface area contributed by atoms with Gasteiger partial charge in [-0.15, -0.1) is 11.3 Å². The SMILES string of the molecule is Cc1ncc(CNC2CC(C#N)(c3ccccc3)C2)s1. The molecule has 1 N–H and O–H groups in total. The summed E-state index contributed by atoms with van der Waals surface area (Å²) in [5, 5.41) is 14.1. The van der Waals surface area contributed by atoms with E-state index in [1.54, 1.807) is 11.3 Å². The monoisotopic (exact) mass is 283 g/mol. The fraction of sp³-hybridized carbons (Fsp3) is 0.375. The second-order valence-electron chi connectivity index (χ2n) is 5.39. The molecule has 0 saturated heterocycles. The first-order chi connectivity index (χ1) is 9.72. The Bertz CT molecular complexity index is 621. The van der Waals surface area contributed by atoms with Gasteiger partial charge in [0, 0.05) is 23.7 Å². The van der Waals surface area contributed by atoms with E-state index in [2.05, 4.69) is 28.5 Å². The summed E-state index contributed by atoms with van der Waals surface area (Å²) < 4.78 is 0. The van der Waals surface area contributed by atoms with Crippen LogP contribution in [-0.2, 0) is 12.0 Å². The lowest BCUT2D eigenvalue weighted by atomic mass is 9.62. The van der Waals surface area contributed by atoms with Gasteiger partial charge in [0.1, 0.15) is 0 Å². The quantitative estimate of drug-likeness (QED) is 0.937. The van der Waals surface area contributed by atoms with Gasteiger partial charge in [0.2, 0.25) is 0 Å². The van der Waals surface area contributed by atoms with Gasteiger partial charge in [0.25, 0.3) is 0 Å². The molecule has 3 nitrogen and oxygen atoms in total. The van der Waals surface area contributed by atoms with Crippen LogP contribution in [0, 0.1) is 18.3 Å². The zero-order valence-electron chi connectivity index (χ0n) is 11.5. The molecule has 1 aromatic heterocycles. The molecular weight excluding hydrogens is 266 g/mol. The highest BCUT2D eigenvalue weighted by Gasteiger charge is 2.45. The summed E-state index contributed by atoms with van der Waals surface area (Å²) in [6.07, 6.45) is 3.72. The summed E-state index contributed by atoms with van der Waals surface area (Å²) in [6, 6.07) is 13.1. The number of nitrogens with one attached hydrogen (secondary N) is 1. The Kier molecular flexibility index (Phi) is 3.56. The second kappa shape index (κ2) is 5.35. The van der Waals surface area contributed by atoms with Crippen molar-refractivity contribution in [3.63, 3.8) is 0 Å². The van der Waals surface area contributed by atoms with Gasteiger partial charge in [0.15, 0.2) is 0 Å². The summed E-state index contributed by atoms with van der Waals surface area (Å²) in [5.41, 5.74) is 0.858. The van der Waals surface area contributed by atoms with E-state index in [0.717, 1.165) is 30.0 Å². The van der Waals surface area contributed by atoms with Gasteiger partial charge in [-0.25, -0.2) is 4.98 Å². The lowest BCUT2D eigenvalue weighted by molar-refractivity contribution is 0.226. The normalized spacial score (nSPS) is 24.9. The van der Waals surface area contributed by atoms with Crippen molar-refractivity contribution in [1.29, 1.82) is 5.26 Å². The Morgan fingerprint density at radius 3 is 2.75 bits per heavy atom. The number of nitriles is 1. The van der Waals surface area contributed by atoms with E-state index < -0.39 is 0 Å². The molecule has 0 amide bonds. The number of nitrogens with zero attached hydrogens (tertiary/aromatic N) is 2. The highest BCUT2D eigenvalue weighted by molar-refractivity contribution is 7.11. The third-order valence-corrected chi connectivity index (χ3v) is 4.88. The van der Waals surface area contributed by atoms with Crippen LogP contribution in [-0.4, -0.2) is 11.0 Å². The predicted molar refractivity (Wildman–Crippen MR) is 80.4 cm³/mol. The van der Waals surface area contributed by atoms with Crippen LogP contribution in [0.25, 0.3) is 0 Å². The van der Waals surface area contributed by atoms with E-state index in [1.165, 1.54) is 4.88 Å². The first kappa shape index (κ1) is 13.3. The Morgan fingerprint density at radius 1 is 1.40 bits per heavy atom. The predicted octanol–water partition coefficient (Wildman–Crippen LogP) is 3.17. The molecule has 0 unspecified atom stereocenters. The Balaban J connectivity index is 1.58. The van der Waals surface area contributed by atoms with Gasteiger partial charge in [-0.1, -0.05) is 30.3 Å². The maximum absolute atomic E-state index is 9.51. The molecule has 1 heterocycles. The maximum atomic E-state index is 9.51. The van der Waals surface area contributed by atoms with E-state index in [4.69, 9.17) is 0 Å². The van der Waals surface area contributed by atoms with Gasteiger partial charge in [-0.2, -0.15) is 5.26 Å². The van der Waals surface area contributed by atoms with Crippen LogP contribution in [0.3, 0.4) is 0 Å². The van der Waals surface area contributed by atoms with E-state index >= 15 is 0 Å². The zero-order valence-corrected chi connectivity index (χ0v) is 12.3. The smallest absolute Gasteiger partial charge is 0.0897 e. The fourth-order valence-corrected chi connectivity index (χ4v) is 3.55. The molecule has 3 rings (SSSR count). The van der Waals surface area contributed by atoms with Crippen molar-refractivity contribution in [2.24, 2.45) is 0 Å². The van der Waals surface area contributed by atoms with Crippen molar-refractivity contribution in [2.45, 2.75) is 37.8 Å². The minimum Gasteiger partial charge on any atom is -0.309 e. The average molecular weight is 283 g/mol. The summed E-state index contributed by atoms with van der Waals surface area (Å²) in [7, 11) is 0. The van der Waals surface area contributed by atoms with Gasteiger partial charge in [-0.05, 0) is 25.3 Å². The maximum Gasteiger partial charge on any atom is 0.0897 e. The standard InChI is InChI=1S/C16H17N3S/c1-12-18-9-15(20-12)10-19-14-7-16(8-14,11-17)13-5-3-2-4-6-13/h2-6,9,14,19H,7-8,10H2,1H3. The van der Waals surface area contributed by atoms with Crippen molar-refractivity contribution >= 4 is 11.3 Å². The van der Waals surface area contributed by atoms with Gasteiger partial charge in [-0.3, -0.25) is 0 Å². The number of rotatable bonds is 4. The second-order valence-corrected chi connectivity index (χ2v) is 6.71. The highest BCUT2D eigenvalue weighted by atomic mass is 32.1. The number of hydrogen-bond acceptors (Lipinski definition) is 4.